The molecule has 4 atom stereocenters. The van der Waals surface area contributed by atoms with E-state index in [2.05, 4.69) is 13.5 Å². The summed E-state index contributed by atoms with van der Waals surface area (Å²) in [6, 6.07) is 5.43. The monoisotopic (exact) mass is 900 g/mol. The third kappa shape index (κ3) is 12.1. The zero-order valence-electron chi connectivity index (χ0n) is 37.4. The predicted molar refractivity (Wildman–Crippen MR) is 239 cm³/mol. The van der Waals surface area contributed by atoms with Gasteiger partial charge in [-0.25, -0.2) is 0 Å². The smallest absolute Gasteiger partial charge is 0.309 e. The van der Waals surface area contributed by atoms with Crippen molar-refractivity contribution in [1.82, 2.24) is 9.80 Å². The van der Waals surface area contributed by atoms with Crippen LogP contribution in [0.2, 0.25) is 0 Å². The van der Waals surface area contributed by atoms with Crippen molar-refractivity contribution in [3.63, 3.8) is 0 Å². The summed E-state index contributed by atoms with van der Waals surface area (Å²) < 4.78 is 22.8. The Balaban J connectivity index is 1.47. The molecule has 0 bridgehead atoms. The highest BCUT2D eigenvalue weighted by molar-refractivity contribution is 8.77. The van der Waals surface area contributed by atoms with E-state index in [4.69, 9.17) is 28.7 Å². The number of hydrogen-bond donors (Lipinski definition) is 2. The Morgan fingerprint density at radius 2 is 1.50 bits per heavy atom. The molecule has 2 N–H and O–H groups in total. The van der Waals surface area contributed by atoms with Gasteiger partial charge in [0.15, 0.2) is 11.5 Å². The standard InChI is InChI=1S/C46H64N2O12S2/c1-10-61-62-46(14-11-15-46)27-57-41(51)13-12-31-19-39(37(55-8)21-35(31)42(52)47-23-28(2)16-33(47)25-49)59-60-40-20-32(18-30(4)44(54)58-45(5,6)7)36(22-38(40)56-9)43(53)48-24-29(3)17-34(48)26-50/h19-22,28,30,33-34,49-50H,3,10-18,23-27H2,1-2,4-9H3/t28?,30?,33-,34-/m0/s1. The first-order valence-electron chi connectivity index (χ1n) is 21.4. The van der Waals surface area contributed by atoms with E-state index in [-0.39, 0.29) is 102 Å². The maximum atomic E-state index is 14.2. The van der Waals surface area contributed by atoms with Crippen molar-refractivity contribution < 1.29 is 58.1 Å². The van der Waals surface area contributed by atoms with Crippen molar-refractivity contribution in [3.8, 4) is 23.0 Å². The quantitative estimate of drug-likeness (QED) is 0.0458. The highest BCUT2D eigenvalue weighted by Crippen LogP contribution is 2.49. The SMILES string of the molecule is C=C1C[C@@H](CO)N(C(=O)c2cc(OC)c(OOc3cc(CCC(=O)OCC4(SSCC)CCC4)c(C(=O)N4CC(C)C[C@H]4CO)cc3OC)cc2CC(C)C(=O)OC(C)(C)C)C1. The summed E-state index contributed by atoms with van der Waals surface area (Å²) in [5, 5.41) is 20.2. The largest absolute Gasteiger partial charge is 0.493 e. The average Bonchev–Trinajstić information content (AvgIpc) is 3.81. The Morgan fingerprint density at radius 1 is 0.903 bits per heavy atom. The first-order valence-corrected chi connectivity index (χ1v) is 23.7. The van der Waals surface area contributed by atoms with Crippen molar-refractivity contribution in [2.75, 3.05) is 52.9 Å². The molecular formula is C46H64N2O12S2. The van der Waals surface area contributed by atoms with Crippen molar-refractivity contribution in [2.45, 2.75) is 115 Å². The third-order valence-electron chi connectivity index (χ3n) is 11.4. The number of aryl methyl sites for hydroxylation is 1. The molecule has 1 aliphatic carbocycles. The normalized spacial score (nSPS) is 20.0. The summed E-state index contributed by atoms with van der Waals surface area (Å²) in [5.74, 6) is -0.546. The Morgan fingerprint density at radius 3 is 2.05 bits per heavy atom. The van der Waals surface area contributed by atoms with Crippen LogP contribution in [-0.4, -0.2) is 119 Å². The van der Waals surface area contributed by atoms with Crippen LogP contribution in [0.1, 0.15) is 112 Å². The van der Waals surface area contributed by atoms with Crippen molar-refractivity contribution in [2.24, 2.45) is 11.8 Å². The minimum Gasteiger partial charge on any atom is -0.493 e. The van der Waals surface area contributed by atoms with E-state index in [1.807, 2.05) is 6.92 Å². The van der Waals surface area contributed by atoms with E-state index in [9.17, 15) is 29.4 Å². The first-order chi connectivity index (χ1) is 29.4. The molecule has 2 aliphatic heterocycles. The van der Waals surface area contributed by atoms with Crippen LogP contribution in [0.3, 0.4) is 0 Å². The van der Waals surface area contributed by atoms with Crippen molar-refractivity contribution in [1.29, 1.82) is 0 Å². The number of ether oxygens (including phenoxy) is 4. The van der Waals surface area contributed by atoms with Crippen LogP contribution in [-0.2, 0) is 31.9 Å². The van der Waals surface area contributed by atoms with Gasteiger partial charge >= 0.3 is 11.9 Å². The maximum absolute atomic E-state index is 14.2. The fourth-order valence-electron chi connectivity index (χ4n) is 8.02. The predicted octanol–water partition coefficient (Wildman–Crippen LogP) is 7.00. The molecule has 1 saturated carbocycles. The lowest BCUT2D eigenvalue weighted by atomic mass is 9.85. The van der Waals surface area contributed by atoms with Crippen molar-refractivity contribution in [3.05, 3.63) is 58.7 Å². The number of nitrogens with zero attached hydrogens (tertiary/aromatic N) is 2. The van der Waals surface area contributed by atoms with Crippen LogP contribution < -0.4 is 19.2 Å². The fourth-order valence-corrected chi connectivity index (χ4v) is 10.7. The Bertz CT molecular complexity index is 1950. The summed E-state index contributed by atoms with van der Waals surface area (Å²) >= 11 is 0. The van der Waals surface area contributed by atoms with Crippen LogP contribution >= 0.6 is 21.6 Å². The zero-order chi connectivity index (χ0) is 45.4. The number of benzene rings is 2. The van der Waals surface area contributed by atoms with Gasteiger partial charge in [-0.05, 0) is 101 Å². The molecule has 5 rings (SSSR count). The van der Waals surface area contributed by atoms with Crippen LogP contribution in [0.15, 0.2) is 36.4 Å². The number of esters is 2. The molecule has 0 aromatic heterocycles. The zero-order valence-corrected chi connectivity index (χ0v) is 39.0. The fraction of sp³-hybridized carbons (Fsp3) is 0.609. The molecular weight excluding hydrogens is 837 g/mol. The molecule has 62 heavy (non-hydrogen) atoms. The number of rotatable bonds is 20. The number of carbonyl (C=O) groups excluding carboxylic acids is 4. The lowest BCUT2D eigenvalue weighted by molar-refractivity contribution is -0.159. The van der Waals surface area contributed by atoms with Crippen LogP contribution in [0, 0.1) is 11.8 Å². The summed E-state index contributed by atoms with van der Waals surface area (Å²) in [6.45, 7) is 15.8. The summed E-state index contributed by atoms with van der Waals surface area (Å²) in [7, 11) is 6.39. The number of likely N-dealkylation sites (tertiary alicyclic amines) is 2. The molecule has 0 radical (unpaired) electrons. The molecule has 0 spiro atoms. The minimum atomic E-state index is -0.729. The number of aliphatic hydroxyl groups is 2. The van der Waals surface area contributed by atoms with E-state index < -0.39 is 23.5 Å². The summed E-state index contributed by atoms with van der Waals surface area (Å²) in [6.07, 6.45) is 4.43. The average molecular weight is 901 g/mol. The highest BCUT2D eigenvalue weighted by Gasteiger charge is 2.40. The molecule has 2 saturated heterocycles. The van der Waals surface area contributed by atoms with E-state index in [1.165, 1.54) is 20.3 Å². The molecule has 2 aromatic carbocycles. The lowest BCUT2D eigenvalue weighted by Crippen LogP contribution is -2.38. The molecule has 2 heterocycles. The van der Waals surface area contributed by atoms with E-state index in [0.717, 1.165) is 30.6 Å². The number of methoxy groups -OCH3 is 2. The highest BCUT2D eigenvalue weighted by atomic mass is 33.1. The van der Waals surface area contributed by atoms with Crippen LogP contribution in [0.4, 0.5) is 0 Å². The Hall–Kier alpha value is -4.12. The molecule has 2 aromatic rings. The van der Waals surface area contributed by atoms with Crippen LogP contribution in [0.5, 0.6) is 23.0 Å². The van der Waals surface area contributed by atoms with Crippen LogP contribution in [0.25, 0.3) is 0 Å². The van der Waals surface area contributed by atoms with Gasteiger partial charge in [0.25, 0.3) is 11.8 Å². The molecule has 2 amide bonds. The van der Waals surface area contributed by atoms with Gasteiger partial charge in [0, 0.05) is 36.4 Å². The molecule has 342 valence electrons. The lowest BCUT2D eigenvalue weighted by Gasteiger charge is -2.39. The third-order valence-corrected chi connectivity index (χ3v) is 14.8. The van der Waals surface area contributed by atoms with Gasteiger partial charge < -0.3 is 39.0 Å². The number of amides is 2. The van der Waals surface area contributed by atoms with Gasteiger partial charge in [-0.2, -0.15) is 0 Å². The van der Waals surface area contributed by atoms with Gasteiger partial charge in [-0.3, -0.25) is 29.0 Å². The van der Waals surface area contributed by atoms with Gasteiger partial charge in [0.1, 0.15) is 12.2 Å². The summed E-state index contributed by atoms with van der Waals surface area (Å²) in [4.78, 5) is 70.0. The van der Waals surface area contributed by atoms with Crippen molar-refractivity contribution >= 4 is 45.3 Å². The van der Waals surface area contributed by atoms with Gasteiger partial charge in [-0.1, -0.05) is 60.9 Å². The second kappa shape index (κ2) is 21.5. The van der Waals surface area contributed by atoms with Gasteiger partial charge in [0.05, 0.1) is 50.2 Å². The van der Waals surface area contributed by atoms with E-state index in [0.29, 0.717) is 42.7 Å². The van der Waals surface area contributed by atoms with E-state index >= 15 is 0 Å². The second-order valence-corrected chi connectivity index (χ2v) is 20.7. The Kier molecular flexibility index (Phi) is 17.0. The molecule has 2 unspecified atom stereocenters. The number of aliphatic hydroxyl groups excluding tert-OH is 2. The van der Waals surface area contributed by atoms with Gasteiger partial charge in [0.2, 0.25) is 11.5 Å². The molecule has 14 nitrogen and oxygen atoms in total. The maximum Gasteiger partial charge on any atom is 0.309 e. The molecule has 3 aliphatic rings. The molecule has 3 fully saturated rings. The molecule has 16 heteroatoms. The number of hydrogen-bond acceptors (Lipinski definition) is 14. The summed E-state index contributed by atoms with van der Waals surface area (Å²) in [5.41, 5.74) is 1.56. The first kappa shape index (κ1) is 48.9. The minimum absolute atomic E-state index is 0.00157. The second-order valence-electron chi connectivity index (χ2n) is 17.7. The van der Waals surface area contributed by atoms with Gasteiger partial charge in [-0.15, -0.1) is 0 Å². The Labute approximate surface area is 373 Å². The topological polar surface area (TPSA) is 171 Å². The van der Waals surface area contributed by atoms with E-state index in [1.54, 1.807) is 77.3 Å². The number of carbonyl (C=O) groups is 4.